The van der Waals surface area contributed by atoms with Crippen molar-refractivity contribution in [3.8, 4) is 17.2 Å². The molecule has 1 saturated carbocycles. The third-order valence-electron chi connectivity index (χ3n) is 7.31. The standard InChI is InChI=1S/C34H36Cl2F2N2O8/c1-18-10-21(18)17-45-29-12-19(6-9-27(29)47-33(37)38)28(13-22-23(35)15-39-16-24(22)36)46-32(43)20-7-8-26(44-5)25(11-20)40-30(41)14-31(42)48-34(2,3)4/h6-9,11-12,15-16,18,21,28,33H,10,13-14,17H2,1-5H3,(H,40,41). The predicted octanol–water partition coefficient (Wildman–Crippen LogP) is 7.84. The molecule has 3 aromatic rings. The molecule has 2 aromatic carbocycles. The van der Waals surface area contributed by atoms with Crippen LogP contribution in [0.2, 0.25) is 10.0 Å². The van der Waals surface area contributed by atoms with Crippen LogP contribution in [-0.4, -0.2) is 48.8 Å². The van der Waals surface area contributed by atoms with Gasteiger partial charge in [-0.2, -0.15) is 8.78 Å². The van der Waals surface area contributed by atoms with Crippen LogP contribution >= 0.6 is 23.2 Å². The minimum atomic E-state index is -3.09. The fourth-order valence-corrected chi connectivity index (χ4v) is 5.26. The number of pyridine rings is 1. The number of carbonyl (C=O) groups is 3. The molecule has 4 rings (SSSR count). The highest BCUT2D eigenvalue weighted by molar-refractivity contribution is 6.35. The van der Waals surface area contributed by atoms with Crippen LogP contribution in [0.3, 0.4) is 0 Å². The molecule has 1 aliphatic carbocycles. The molecule has 0 spiro atoms. The van der Waals surface area contributed by atoms with Gasteiger partial charge in [0.2, 0.25) is 5.91 Å². The first-order chi connectivity index (χ1) is 22.6. The number of carbonyl (C=O) groups excluding carboxylic acids is 3. The molecule has 1 heterocycles. The topological polar surface area (TPSA) is 122 Å². The summed E-state index contributed by atoms with van der Waals surface area (Å²) in [7, 11) is 1.38. The lowest BCUT2D eigenvalue weighted by molar-refractivity contribution is -0.155. The normalized spacial score (nSPS) is 16.1. The molecular weight excluding hydrogens is 673 g/mol. The molecule has 1 N–H and O–H groups in total. The maximum Gasteiger partial charge on any atom is 0.387 e. The zero-order valence-electron chi connectivity index (χ0n) is 27.0. The summed E-state index contributed by atoms with van der Waals surface area (Å²) in [6.07, 6.45) is 2.10. The molecule has 48 heavy (non-hydrogen) atoms. The van der Waals surface area contributed by atoms with Crippen molar-refractivity contribution in [1.82, 2.24) is 4.98 Å². The predicted molar refractivity (Wildman–Crippen MR) is 174 cm³/mol. The Morgan fingerprint density at radius 2 is 1.69 bits per heavy atom. The van der Waals surface area contributed by atoms with Gasteiger partial charge < -0.3 is 29.0 Å². The summed E-state index contributed by atoms with van der Waals surface area (Å²) in [4.78, 5) is 42.4. The Labute approximate surface area is 287 Å². The van der Waals surface area contributed by atoms with Crippen molar-refractivity contribution < 1.29 is 46.8 Å². The molecule has 3 unspecified atom stereocenters. The average Bonchev–Trinajstić information content (AvgIpc) is 3.71. The van der Waals surface area contributed by atoms with E-state index in [4.69, 9.17) is 42.1 Å². The van der Waals surface area contributed by atoms with Crippen molar-refractivity contribution in [2.24, 2.45) is 11.8 Å². The van der Waals surface area contributed by atoms with Crippen molar-refractivity contribution in [1.29, 1.82) is 0 Å². The number of hydrogen-bond donors (Lipinski definition) is 1. The first-order valence-corrected chi connectivity index (χ1v) is 15.8. The van der Waals surface area contributed by atoms with Crippen LogP contribution in [-0.2, 0) is 25.5 Å². The second-order valence-corrected chi connectivity index (χ2v) is 13.1. The molecule has 0 aliphatic heterocycles. The fourth-order valence-electron chi connectivity index (χ4n) is 4.74. The zero-order valence-corrected chi connectivity index (χ0v) is 28.5. The molecule has 14 heteroatoms. The number of benzene rings is 2. The highest BCUT2D eigenvalue weighted by atomic mass is 35.5. The summed E-state index contributed by atoms with van der Waals surface area (Å²) >= 11 is 12.8. The third kappa shape index (κ3) is 10.4. The van der Waals surface area contributed by atoms with Crippen molar-refractivity contribution in [2.45, 2.75) is 65.3 Å². The number of hydrogen-bond acceptors (Lipinski definition) is 9. The number of anilines is 1. The van der Waals surface area contributed by atoms with Gasteiger partial charge in [0, 0.05) is 18.8 Å². The summed E-state index contributed by atoms with van der Waals surface area (Å²) in [5.41, 5.74) is 0.164. The Morgan fingerprint density at radius 1 is 1.02 bits per heavy atom. The summed E-state index contributed by atoms with van der Waals surface area (Å²) in [6.45, 7) is 4.31. The number of nitrogens with zero attached hydrogens (tertiary/aromatic N) is 1. The van der Waals surface area contributed by atoms with Crippen LogP contribution in [0.1, 0.15) is 68.1 Å². The molecule has 10 nitrogen and oxygen atoms in total. The Morgan fingerprint density at radius 3 is 2.29 bits per heavy atom. The van der Waals surface area contributed by atoms with Crippen LogP contribution in [0.4, 0.5) is 14.5 Å². The van der Waals surface area contributed by atoms with Gasteiger partial charge >= 0.3 is 18.6 Å². The van der Waals surface area contributed by atoms with E-state index in [-0.39, 0.29) is 50.9 Å². The van der Waals surface area contributed by atoms with Crippen molar-refractivity contribution in [2.75, 3.05) is 19.0 Å². The van der Waals surface area contributed by atoms with E-state index in [1.54, 1.807) is 20.8 Å². The molecule has 258 valence electrons. The summed E-state index contributed by atoms with van der Waals surface area (Å²) in [5, 5.41) is 3.01. The van der Waals surface area contributed by atoms with Crippen molar-refractivity contribution in [3.63, 3.8) is 0 Å². The third-order valence-corrected chi connectivity index (χ3v) is 7.96. The van der Waals surface area contributed by atoms with Crippen LogP contribution in [0.25, 0.3) is 0 Å². The second-order valence-electron chi connectivity index (χ2n) is 12.3. The minimum Gasteiger partial charge on any atom is -0.495 e. The molecule has 1 aromatic heterocycles. The van der Waals surface area contributed by atoms with Gasteiger partial charge in [0.25, 0.3) is 0 Å². The van der Waals surface area contributed by atoms with Crippen LogP contribution in [0.15, 0.2) is 48.8 Å². The van der Waals surface area contributed by atoms with E-state index in [0.717, 1.165) is 6.42 Å². The number of methoxy groups -OCH3 is 1. The van der Waals surface area contributed by atoms with Gasteiger partial charge in [0.15, 0.2) is 11.5 Å². The largest absolute Gasteiger partial charge is 0.495 e. The lowest BCUT2D eigenvalue weighted by Crippen LogP contribution is -2.27. The Balaban J connectivity index is 1.63. The fraction of sp³-hybridized carbons (Fsp3) is 0.412. The lowest BCUT2D eigenvalue weighted by atomic mass is 10.0. The number of esters is 2. The summed E-state index contributed by atoms with van der Waals surface area (Å²) in [5.74, 6) is -1.39. The maximum atomic E-state index is 13.6. The highest BCUT2D eigenvalue weighted by Crippen LogP contribution is 2.41. The van der Waals surface area contributed by atoms with Gasteiger partial charge in [-0.25, -0.2) is 4.79 Å². The van der Waals surface area contributed by atoms with Gasteiger partial charge in [-0.3, -0.25) is 14.6 Å². The van der Waals surface area contributed by atoms with E-state index >= 15 is 0 Å². The maximum absolute atomic E-state index is 13.6. The quantitative estimate of drug-likeness (QED) is 0.132. The number of nitrogens with one attached hydrogen (secondary N) is 1. The zero-order chi connectivity index (χ0) is 35.2. The van der Waals surface area contributed by atoms with Crippen molar-refractivity contribution in [3.05, 3.63) is 75.5 Å². The number of amides is 1. The number of alkyl halides is 2. The Hall–Kier alpha value is -4.16. The van der Waals surface area contributed by atoms with E-state index in [2.05, 4.69) is 22.0 Å². The molecule has 1 aliphatic rings. The van der Waals surface area contributed by atoms with E-state index in [1.807, 2.05) is 0 Å². The lowest BCUT2D eigenvalue weighted by Gasteiger charge is -2.22. The SMILES string of the molecule is COc1ccc(C(=O)OC(Cc2c(Cl)cncc2Cl)c2ccc(OC(F)F)c(OCC3CC3C)c2)cc1NC(=O)CC(=O)OC(C)(C)C. The highest BCUT2D eigenvalue weighted by Gasteiger charge is 2.33. The Bertz CT molecular complexity index is 1630. The molecule has 0 bridgehead atoms. The number of aromatic nitrogens is 1. The van der Waals surface area contributed by atoms with Crippen molar-refractivity contribution >= 4 is 46.7 Å². The first-order valence-electron chi connectivity index (χ1n) is 15.0. The molecule has 1 fully saturated rings. The molecule has 1 amide bonds. The smallest absolute Gasteiger partial charge is 0.387 e. The summed E-state index contributed by atoms with van der Waals surface area (Å²) < 4.78 is 53.5. The number of halogens is 4. The number of ether oxygens (including phenoxy) is 5. The summed E-state index contributed by atoms with van der Waals surface area (Å²) in [6, 6.07) is 8.48. The van der Waals surface area contributed by atoms with E-state index in [0.29, 0.717) is 23.7 Å². The van der Waals surface area contributed by atoms with Crippen LogP contribution in [0, 0.1) is 11.8 Å². The molecule has 0 radical (unpaired) electrons. The van der Waals surface area contributed by atoms with Gasteiger partial charge in [0.05, 0.1) is 35.0 Å². The van der Waals surface area contributed by atoms with E-state index in [9.17, 15) is 23.2 Å². The monoisotopic (exact) mass is 708 g/mol. The van der Waals surface area contributed by atoms with E-state index < -0.39 is 42.6 Å². The minimum absolute atomic E-state index is 0.0181. The van der Waals surface area contributed by atoms with Gasteiger partial charge in [0.1, 0.15) is 23.9 Å². The Kier molecular flexibility index (Phi) is 12.1. The number of rotatable bonds is 14. The molecule has 0 saturated heterocycles. The van der Waals surface area contributed by atoms with Gasteiger partial charge in [-0.05, 0) is 80.5 Å². The van der Waals surface area contributed by atoms with Crippen LogP contribution in [0.5, 0.6) is 17.2 Å². The van der Waals surface area contributed by atoms with Gasteiger partial charge in [-0.15, -0.1) is 0 Å². The molecule has 3 atom stereocenters. The van der Waals surface area contributed by atoms with Crippen LogP contribution < -0.4 is 19.5 Å². The second kappa shape index (κ2) is 15.8. The van der Waals surface area contributed by atoms with Gasteiger partial charge in [-0.1, -0.05) is 36.2 Å². The van der Waals surface area contributed by atoms with E-state index in [1.165, 1.54) is 55.9 Å². The molecular formula is C34H36Cl2F2N2O8. The first kappa shape index (κ1) is 36.7. The average molecular weight is 710 g/mol.